The highest BCUT2D eigenvalue weighted by molar-refractivity contribution is 6.30. The second kappa shape index (κ2) is 4.37. The summed E-state index contributed by atoms with van der Waals surface area (Å²) >= 11 is 5.65. The predicted octanol–water partition coefficient (Wildman–Crippen LogP) is 3.20. The Morgan fingerprint density at radius 2 is 2.06 bits per heavy atom. The van der Waals surface area contributed by atoms with Crippen molar-refractivity contribution in [1.82, 2.24) is 4.98 Å². The van der Waals surface area contributed by atoms with Gasteiger partial charge in [0.25, 0.3) is 0 Å². The molecule has 0 radical (unpaired) electrons. The first kappa shape index (κ1) is 10.7. The number of rotatable bonds is 2. The summed E-state index contributed by atoms with van der Waals surface area (Å²) in [5.41, 5.74) is 6.49. The molecule has 0 saturated heterocycles. The number of anilines is 3. The number of nitrogens with zero attached hydrogens (tertiary/aromatic N) is 1. The molecule has 1 heterocycles. The van der Waals surface area contributed by atoms with Crippen molar-refractivity contribution in [2.45, 2.75) is 0 Å². The van der Waals surface area contributed by atoms with Gasteiger partial charge < -0.3 is 11.1 Å². The number of benzene rings is 1. The van der Waals surface area contributed by atoms with Crippen molar-refractivity contribution in [2.75, 3.05) is 11.1 Å². The molecule has 5 heteroatoms. The lowest BCUT2D eigenvalue weighted by Crippen LogP contribution is -1.99. The summed E-state index contributed by atoms with van der Waals surface area (Å²) < 4.78 is 13.5. The predicted molar refractivity (Wildman–Crippen MR) is 63.3 cm³/mol. The number of nitrogen functional groups attached to an aromatic ring is 1. The fraction of sp³-hybridized carbons (Fsp3) is 0. The lowest BCUT2D eigenvalue weighted by Gasteiger charge is -2.09. The van der Waals surface area contributed by atoms with E-state index in [2.05, 4.69) is 10.3 Å². The van der Waals surface area contributed by atoms with Gasteiger partial charge in [0.15, 0.2) is 0 Å². The first-order valence-corrected chi connectivity index (χ1v) is 4.97. The maximum Gasteiger partial charge on any atom is 0.148 e. The van der Waals surface area contributed by atoms with Crippen LogP contribution < -0.4 is 11.1 Å². The molecule has 0 spiro atoms. The van der Waals surface area contributed by atoms with E-state index < -0.39 is 5.82 Å². The number of hydrogen-bond acceptors (Lipinski definition) is 3. The summed E-state index contributed by atoms with van der Waals surface area (Å²) in [5, 5.41) is 3.20. The van der Waals surface area contributed by atoms with E-state index >= 15 is 0 Å². The van der Waals surface area contributed by atoms with Gasteiger partial charge in [-0.25, -0.2) is 9.37 Å². The molecule has 0 unspecified atom stereocenters. The lowest BCUT2D eigenvalue weighted by atomic mass is 10.3. The van der Waals surface area contributed by atoms with E-state index in [9.17, 15) is 4.39 Å². The number of nitrogens with one attached hydrogen (secondary N) is 1. The minimum atomic E-state index is -0.434. The maximum atomic E-state index is 13.5. The minimum Gasteiger partial charge on any atom is -0.382 e. The third-order valence-corrected chi connectivity index (χ3v) is 2.27. The van der Waals surface area contributed by atoms with Gasteiger partial charge >= 0.3 is 0 Å². The summed E-state index contributed by atoms with van der Waals surface area (Å²) in [6.07, 6.45) is 1.57. The van der Waals surface area contributed by atoms with Crippen molar-refractivity contribution in [3.63, 3.8) is 0 Å². The molecule has 3 N–H and O–H groups in total. The first-order valence-electron chi connectivity index (χ1n) is 4.59. The SMILES string of the molecule is Nc1ncccc1Nc1ccc(Cl)cc1F. The van der Waals surface area contributed by atoms with Gasteiger partial charge in [0.05, 0.1) is 11.4 Å². The van der Waals surface area contributed by atoms with E-state index in [1.54, 1.807) is 30.5 Å². The molecule has 0 atom stereocenters. The molecule has 0 aliphatic rings. The van der Waals surface area contributed by atoms with E-state index in [1.807, 2.05) is 0 Å². The van der Waals surface area contributed by atoms with Gasteiger partial charge in [0, 0.05) is 11.2 Å². The van der Waals surface area contributed by atoms with Crippen LogP contribution in [-0.4, -0.2) is 4.98 Å². The monoisotopic (exact) mass is 237 g/mol. The van der Waals surface area contributed by atoms with Crippen LogP contribution in [0.2, 0.25) is 5.02 Å². The third kappa shape index (κ3) is 2.23. The summed E-state index contributed by atoms with van der Waals surface area (Å²) in [6, 6.07) is 7.81. The van der Waals surface area contributed by atoms with Crippen LogP contribution in [0.5, 0.6) is 0 Å². The van der Waals surface area contributed by atoms with Gasteiger partial charge in [-0.05, 0) is 30.3 Å². The van der Waals surface area contributed by atoms with E-state index in [-0.39, 0.29) is 0 Å². The quantitative estimate of drug-likeness (QED) is 0.843. The molecule has 0 fully saturated rings. The van der Waals surface area contributed by atoms with E-state index in [0.29, 0.717) is 22.2 Å². The van der Waals surface area contributed by atoms with E-state index in [4.69, 9.17) is 17.3 Å². The largest absolute Gasteiger partial charge is 0.382 e. The highest BCUT2D eigenvalue weighted by Crippen LogP contribution is 2.24. The summed E-state index contributed by atoms with van der Waals surface area (Å²) in [7, 11) is 0. The zero-order chi connectivity index (χ0) is 11.5. The van der Waals surface area contributed by atoms with E-state index in [0.717, 1.165) is 0 Å². The third-order valence-electron chi connectivity index (χ3n) is 2.04. The molecule has 0 amide bonds. The first-order chi connectivity index (χ1) is 7.66. The molecule has 0 bridgehead atoms. The number of halogens is 2. The maximum absolute atomic E-state index is 13.5. The lowest BCUT2D eigenvalue weighted by molar-refractivity contribution is 0.632. The smallest absolute Gasteiger partial charge is 0.148 e. The van der Waals surface area contributed by atoms with Crippen LogP contribution in [-0.2, 0) is 0 Å². The fourth-order valence-corrected chi connectivity index (χ4v) is 1.42. The van der Waals surface area contributed by atoms with Crippen LogP contribution in [0.3, 0.4) is 0 Å². The Labute approximate surface area is 97.1 Å². The van der Waals surface area contributed by atoms with Crippen LogP contribution >= 0.6 is 11.6 Å². The molecule has 1 aromatic heterocycles. The number of pyridine rings is 1. The van der Waals surface area contributed by atoms with Crippen LogP contribution in [0.1, 0.15) is 0 Å². The molecule has 1 aromatic carbocycles. The molecule has 3 nitrogen and oxygen atoms in total. The van der Waals surface area contributed by atoms with Crippen LogP contribution in [0.25, 0.3) is 0 Å². The Morgan fingerprint density at radius 3 is 2.75 bits per heavy atom. The molecular weight excluding hydrogens is 229 g/mol. The van der Waals surface area contributed by atoms with Crippen molar-refractivity contribution in [3.8, 4) is 0 Å². The summed E-state index contributed by atoms with van der Waals surface area (Å²) in [4.78, 5) is 3.89. The Hall–Kier alpha value is -1.81. The Bertz CT molecular complexity index is 516. The van der Waals surface area contributed by atoms with Crippen molar-refractivity contribution in [1.29, 1.82) is 0 Å². The number of nitrogens with two attached hydrogens (primary N) is 1. The van der Waals surface area contributed by atoms with E-state index in [1.165, 1.54) is 6.07 Å². The molecule has 0 aliphatic heterocycles. The molecule has 2 aromatic rings. The second-order valence-corrected chi connectivity index (χ2v) is 3.62. The van der Waals surface area contributed by atoms with Gasteiger partial charge in [-0.1, -0.05) is 11.6 Å². The van der Waals surface area contributed by atoms with Crippen molar-refractivity contribution >= 4 is 28.8 Å². The van der Waals surface area contributed by atoms with Crippen molar-refractivity contribution in [3.05, 3.63) is 47.4 Å². The molecule has 16 heavy (non-hydrogen) atoms. The van der Waals surface area contributed by atoms with Gasteiger partial charge in [-0.3, -0.25) is 0 Å². The number of aromatic nitrogens is 1. The minimum absolute atomic E-state index is 0.309. The zero-order valence-electron chi connectivity index (χ0n) is 8.24. The average Bonchev–Trinajstić information content (AvgIpc) is 2.25. The highest BCUT2D eigenvalue weighted by atomic mass is 35.5. The van der Waals surface area contributed by atoms with Gasteiger partial charge in [-0.2, -0.15) is 0 Å². The molecular formula is C11H9ClFN3. The topological polar surface area (TPSA) is 50.9 Å². The van der Waals surface area contributed by atoms with Gasteiger partial charge in [0.1, 0.15) is 11.6 Å². The van der Waals surface area contributed by atoms with Crippen molar-refractivity contribution in [2.24, 2.45) is 0 Å². The average molecular weight is 238 g/mol. The summed E-state index contributed by atoms with van der Waals surface area (Å²) in [6.45, 7) is 0. The fourth-order valence-electron chi connectivity index (χ4n) is 1.26. The summed E-state index contributed by atoms with van der Waals surface area (Å²) in [5.74, 6) is -0.118. The molecule has 0 aliphatic carbocycles. The zero-order valence-corrected chi connectivity index (χ0v) is 9.00. The normalized spacial score (nSPS) is 10.1. The Kier molecular flexibility index (Phi) is 2.92. The Morgan fingerprint density at radius 1 is 1.25 bits per heavy atom. The van der Waals surface area contributed by atoms with Gasteiger partial charge in [0.2, 0.25) is 0 Å². The Balaban J connectivity index is 2.31. The standard InChI is InChI=1S/C11H9ClFN3/c12-7-3-4-9(8(13)6-7)16-10-2-1-5-15-11(10)14/h1-6,16H,(H2,14,15). The van der Waals surface area contributed by atoms with Gasteiger partial charge in [-0.15, -0.1) is 0 Å². The molecule has 2 rings (SSSR count). The van der Waals surface area contributed by atoms with Crippen molar-refractivity contribution < 1.29 is 4.39 Å². The molecule has 82 valence electrons. The number of hydrogen-bond donors (Lipinski definition) is 2. The van der Waals surface area contributed by atoms with Crippen LogP contribution in [0.4, 0.5) is 21.6 Å². The van der Waals surface area contributed by atoms with Crippen LogP contribution in [0, 0.1) is 5.82 Å². The molecule has 0 saturated carbocycles. The van der Waals surface area contributed by atoms with Crippen LogP contribution in [0.15, 0.2) is 36.5 Å². The highest BCUT2D eigenvalue weighted by Gasteiger charge is 2.05. The second-order valence-electron chi connectivity index (χ2n) is 3.19.